The molecule has 2 aromatic carbocycles. The van der Waals surface area contributed by atoms with E-state index in [2.05, 4.69) is 40.0 Å². The number of anilines is 1. The molecule has 0 aliphatic rings. The number of halogens is 1. The molecule has 0 radical (unpaired) electrons. The summed E-state index contributed by atoms with van der Waals surface area (Å²) in [6.45, 7) is 2.06. The molecule has 0 amide bonds. The van der Waals surface area contributed by atoms with E-state index in [9.17, 15) is 0 Å². The van der Waals surface area contributed by atoms with E-state index >= 15 is 0 Å². The molecule has 4 heteroatoms. The lowest BCUT2D eigenvalue weighted by Gasteiger charge is -2.02. The van der Waals surface area contributed by atoms with Crippen LogP contribution in [0, 0.1) is 6.92 Å². The van der Waals surface area contributed by atoms with Gasteiger partial charge in [-0.25, -0.2) is 4.98 Å². The van der Waals surface area contributed by atoms with Gasteiger partial charge in [0.15, 0.2) is 0 Å². The zero-order valence-electron chi connectivity index (χ0n) is 9.77. The summed E-state index contributed by atoms with van der Waals surface area (Å²) in [7, 11) is 0. The van der Waals surface area contributed by atoms with E-state index < -0.39 is 0 Å². The van der Waals surface area contributed by atoms with Crippen molar-refractivity contribution >= 4 is 43.2 Å². The van der Waals surface area contributed by atoms with Gasteiger partial charge in [-0.3, -0.25) is 0 Å². The van der Waals surface area contributed by atoms with E-state index in [-0.39, 0.29) is 0 Å². The molecule has 2 nitrogen and oxygen atoms in total. The Morgan fingerprint density at radius 2 is 2.00 bits per heavy atom. The molecule has 1 aromatic heterocycles. The van der Waals surface area contributed by atoms with Crippen LogP contribution in [0.15, 0.2) is 40.9 Å². The number of hydrogen-bond donors (Lipinski definition) is 1. The normalized spacial score (nSPS) is 11.0. The minimum absolute atomic E-state index is 0.777. The summed E-state index contributed by atoms with van der Waals surface area (Å²) in [5, 5.41) is 0.976. The van der Waals surface area contributed by atoms with E-state index in [1.165, 1.54) is 10.3 Å². The second kappa shape index (κ2) is 4.37. The number of nitrogens with zero attached hydrogens (tertiary/aromatic N) is 1. The van der Waals surface area contributed by atoms with Gasteiger partial charge in [0.1, 0.15) is 5.01 Å². The topological polar surface area (TPSA) is 38.9 Å². The summed E-state index contributed by atoms with van der Waals surface area (Å²) in [6, 6.07) is 12.1. The summed E-state index contributed by atoms with van der Waals surface area (Å²) in [6.07, 6.45) is 0. The molecule has 3 aromatic rings. The lowest BCUT2D eigenvalue weighted by atomic mass is 10.1. The third kappa shape index (κ3) is 2.02. The van der Waals surface area contributed by atoms with Gasteiger partial charge < -0.3 is 5.73 Å². The average molecular weight is 319 g/mol. The highest BCUT2D eigenvalue weighted by molar-refractivity contribution is 9.10. The summed E-state index contributed by atoms with van der Waals surface area (Å²) in [4.78, 5) is 4.64. The molecule has 0 bridgehead atoms. The number of fused-ring (bicyclic) bond motifs is 1. The third-order valence-corrected chi connectivity index (χ3v) is 4.33. The second-order valence-electron chi connectivity index (χ2n) is 4.22. The van der Waals surface area contributed by atoms with Crippen LogP contribution in [0.5, 0.6) is 0 Å². The lowest BCUT2D eigenvalue weighted by molar-refractivity contribution is 1.43. The van der Waals surface area contributed by atoms with Gasteiger partial charge in [-0.05, 0) is 37.3 Å². The van der Waals surface area contributed by atoms with Gasteiger partial charge in [0.2, 0.25) is 0 Å². The van der Waals surface area contributed by atoms with Crippen LogP contribution < -0.4 is 5.73 Å². The Morgan fingerprint density at radius 1 is 1.17 bits per heavy atom. The van der Waals surface area contributed by atoms with Crippen molar-refractivity contribution < 1.29 is 0 Å². The standard InChI is InChI=1S/C14H11BrN2S/c1-8-2-4-11(16)10(6-8)14-17-12-5-3-9(15)7-13(12)18-14/h2-7H,16H2,1H3. The maximum atomic E-state index is 6.03. The van der Waals surface area contributed by atoms with Crippen molar-refractivity contribution in [2.45, 2.75) is 6.92 Å². The van der Waals surface area contributed by atoms with Crippen LogP contribution >= 0.6 is 27.3 Å². The summed E-state index contributed by atoms with van der Waals surface area (Å²) < 4.78 is 2.24. The first kappa shape index (κ1) is 11.7. The summed E-state index contributed by atoms with van der Waals surface area (Å²) in [5.41, 5.74) is 10.0. The first-order valence-electron chi connectivity index (χ1n) is 5.56. The van der Waals surface area contributed by atoms with E-state index in [0.29, 0.717) is 0 Å². The van der Waals surface area contributed by atoms with Crippen molar-refractivity contribution in [3.8, 4) is 10.6 Å². The van der Waals surface area contributed by atoms with Crippen molar-refractivity contribution in [2.24, 2.45) is 0 Å². The van der Waals surface area contributed by atoms with Gasteiger partial charge in [-0.15, -0.1) is 11.3 Å². The average Bonchev–Trinajstić information content (AvgIpc) is 2.74. The van der Waals surface area contributed by atoms with Gasteiger partial charge >= 0.3 is 0 Å². The summed E-state index contributed by atoms with van der Waals surface area (Å²) >= 11 is 5.14. The van der Waals surface area contributed by atoms with Crippen molar-refractivity contribution in [3.63, 3.8) is 0 Å². The molecule has 0 unspecified atom stereocenters. The molecule has 3 rings (SSSR count). The predicted molar refractivity (Wildman–Crippen MR) is 81.9 cm³/mol. The van der Waals surface area contributed by atoms with Gasteiger partial charge in [-0.2, -0.15) is 0 Å². The minimum atomic E-state index is 0.777. The predicted octanol–water partition coefficient (Wildman–Crippen LogP) is 4.62. The third-order valence-electron chi connectivity index (χ3n) is 2.79. The quantitative estimate of drug-likeness (QED) is 0.665. The Kier molecular flexibility index (Phi) is 2.84. The molecular weight excluding hydrogens is 308 g/mol. The number of aromatic nitrogens is 1. The van der Waals surface area contributed by atoms with Gasteiger partial charge in [0, 0.05) is 15.7 Å². The minimum Gasteiger partial charge on any atom is -0.398 e. The fourth-order valence-electron chi connectivity index (χ4n) is 1.87. The highest BCUT2D eigenvalue weighted by atomic mass is 79.9. The molecule has 18 heavy (non-hydrogen) atoms. The largest absolute Gasteiger partial charge is 0.398 e. The molecule has 0 aliphatic carbocycles. The molecule has 0 saturated carbocycles. The Morgan fingerprint density at radius 3 is 2.83 bits per heavy atom. The first-order chi connectivity index (χ1) is 8.63. The highest BCUT2D eigenvalue weighted by Crippen LogP contribution is 2.34. The SMILES string of the molecule is Cc1ccc(N)c(-c2nc3ccc(Br)cc3s2)c1. The lowest BCUT2D eigenvalue weighted by Crippen LogP contribution is -1.89. The zero-order chi connectivity index (χ0) is 12.7. The molecular formula is C14H11BrN2S. The second-order valence-corrected chi connectivity index (χ2v) is 6.17. The number of hydrogen-bond acceptors (Lipinski definition) is 3. The number of nitrogen functional groups attached to an aromatic ring is 1. The molecule has 1 heterocycles. The van der Waals surface area contributed by atoms with Crippen molar-refractivity contribution in [3.05, 3.63) is 46.4 Å². The Hall–Kier alpha value is -1.39. The van der Waals surface area contributed by atoms with E-state index in [1.807, 2.05) is 24.3 Å². The number of nitrogens with two attached hydrogens (primary N) is 1. The Balaban J connectivity index is 2.22. The fraction of sp³-hybridized carbons (Fsp3) is 0.0714. The van der Waals surface area contributed by atoms with Gasteiger partial charge in [0.25, 0.3) is 0 Å². The van der Waals surface area contributed by atoms with Crippen LogP contribution in [0.4, 0.5) is 5.69 Å². The molecule has 0 atom stereocenters. The smallest absolute Gasteiger partial charge is 0.126 e. The van der Waals surface area contributed by atoms with Gasteiger partial charge in [-0.1, -0.05) is 27.6 Å². The van der Waals surface area contributed by atoms with Crippen LogP contribution in [0.25, 0.3) is 20.8 Å². The maximum absolute atomic E-state index is 6.03. The van der Waals surface area contributed by atoms with Crippen LogP contribution in [0.2, 0.25) is 0 Å². The Bertz CT molecular complexity index is 734. The summed E-state index contributed by atoms with van der Waals surface area (Å²) in [5.74, 6) is 0. The molecule has 90 valence electrons. The molecule has 0 fully saturated rings. The van der Waals surface area contributed by atoms with Crippen molar-refractivity contribution in [1.82, 2.24) is 4.98 Å². The van der Waals surface area contributed by atoms with Gasteiger partial charge in [0.05, 0.1) is 10.2 Å². The zero-order valence-corrected chi connectivity index (χ0v) is 12.2. The molecule has 0 saturated heterocycles. The highest BCUT2D eigenvalue weighted by Gasteiger charge is 2.09. The molecule has 2 N–H and O–H groups in total. The van der Waals surface area contributed by atoms with Crippen LogP contribution in [0.3, 0.4) is 0 Å². The number of thiazole rings is 1. The maximum Gasteiger partial charge on any atom is 0.126 e. The monoisotopic (exact) mass is 318 g/mol. The number of aryl methyl sites for hydroxylation is 1. The van der Waals surface area contributed by atoms with Crippen LogP contribution in [-0.4, -0.2) is 4.98 Å². The number of rotatable bonds is 1. The van der Waals surface area contributed by atoms with E-state index in [4.69, 9.17) is 5.73 Å². The van der Waals surface area contributed by atoms with Crippen molar-refractivity contribution in [1.29, 1.82) is 0 Å². The van der Waals surface area contributed by atoms with Crippen molar-refractivity contribution in [2.75, 3.05) is 5.73 Å². The van der Waals surface area contributed by atoms with Crippen LogP contribution in [-0.2, 0) is 0 Å². The Labute approximate surface area is 118 Å². The van der Waals surface area contributed by atoms with E-state index in [1.54, 1.807) is 11.3 Å². The molecule has 0 aliphatic heterocycles. The molecule has 0 spiro atoms. The van der Waals surface area contributed by atoms with Crippen LogP contribution in [0.1, 0.15) is 5.56 Å². The number of benzene rings is 2. The van der Waals surface area contributed by atoms with E-state index in [0.717, 1.165) is 26.2 Å². The fourth-order valence-corrected chi connectivity index (χ4v) is 3.42. The first-order valence-corrected chi connectivity index (χ1v) is 7.17.